The van der Waals surface area contributed by atoms with Crippen molar-refractivity contribution in [2.45, 2.75) is 31.5 Å². The summed E-state index contributed by atoms with van der Waals surface area (Å²) in [5, 5.41) is 26.2. The molecule has 0 bridgehead atoms. The first-order valence-electron chi connectivity index (χ1n) is 11.4. The van der Waals surface area contributed by atoms with Crippen LogP contribution in [0.2, 0.25) is 0 Å². The zero-order chi connectivity index (χ0) is 25.1. The number of anilines is 1. The Kier molecular flexibility index (Phi) is 6.51. The molecule has 11 heteroatoms. The molecule has 0 radical (unpaired) electrons. The van der Waals surface area contributed by atoms with E-state index in [0.29, 0.717) is 34.2 Å². The van der Waals surface area contributed by atoms with Crippen LogP contribution in [-0.2, 0) is 11.3 Å². The van der Waals surface area contributed by atoms with E-state index in [2.05, 4.69) is 33.6 Å². The summed E-state index contributed by atoms with van der Waals surface area (Å²) in [5.74, 6) is 0.450. The molecule has 10 nitrogen and oxygen atoms in total. The van der Waals surface area contributed by atoms with Crippen LogP contribution in [-0.4, -0.2) is 40.6 Å². The predicted octanol–water partition coefficient (Wildman–Crippen LogP) is 3.63. The van der Waals surface area contributed by atoms with Crippen LogP contribution in [0.15, 0.2) is 70.7 Å². The molecular weight excluding hydrogens is 476 g/mol. The molecule has 0 spiro atoms. The molecule has 0 fully saturated rings. The molecule has 5 rings (SSSR count). The van der Waals surface area contributed by atoms with Crippen LogP contribution in [0.1, 0.15) is 25.3 Å². The molecular formula is C25H22N8O2S. The van der Waals surface area contributed by atoms with Gasteiger partial charge in [0.2, 0.25) is 11.7 Å². The van der Waals surface area contributed by atoms with Crippen molar-refractivity contribution in [1.29, 1.82) is 5.26 Å². The van der Waals surface area contributed by atoms with Gasteiger partial charge < -0.3 is 5.32 Å². The number of nitrogens with zero attached hydrogens (tertiary/aromatic N) is 7. The Balaban J connectivity index is 1.44. The number of carbonyl (C=O) groups excluding carboxylic acids is 1. The molecule has 0 saturated carbocycles. The molecule has 1 amide bonds. The second-order valence-corrected chi connectivity index (χ2v) is 8.99. The Labute approximate surface area is 210 Å². The lowest BCUT2D eigenvalue weighted by molar-refractivity contribution is -0.113. The smallest absolute Gasteiger partial charge is 0.262 e. The highest BCUT2D eigenvalue weighted by Crippen LogP contribution is 2.23. The van der Waals surface area contributed by atoms with Crippen LogP contribution in [0.25, 0.3) is 22.4 Å². The zero-order valence-corrected chi connectivity index (χ0v) is 20.3. The number of para-hydroxylation sites is 2. The molecule has 0 aliphatic rings. The van der Waals surface area contributed by atoms with E-state index in [9.17, 15) is 14.9 Å². The van der Waals surface area contributed by atoms with Gasteiger partial charge in [-0.1, -0.05) is 55.4 Å². The third kappa shape index (κ3) is 4.23. The minimum atomic E-state index is -0.324. The number of aromatic nitrogens is 6. The fourth-order valence-corrected chi connectivity index (χ4v) is 4.70. The maximum absolute atomic E-state index is 13.1. The maximum atomic E-state index is 13.1. The lowest BCUT2D eigenvalue weighted by Gasteiger charge is -2.11. The van der Waals surface area contributed by atoms with Gasteiger partial charge >= 0.3 is 0 Å². The Morgan fingerprint density at radius 1 is 1.11 bits per heavy atom. The monoisotopic (exact) mass is 498 g/mol. The Hall–Kier alpha value is -4.43. The molecule has 0 aliphatic carbocycles. The molecule has 5 aromatic rings. The molecule has 180 valence electrons. The standard InChI is InChI=1S/C25H22N8O2S/c1-2-3-13-31-23(35)19-11-7-8-12-20(19)32-24(31)29-30-25(32)36-16-21(34)28-22-17(14-26)15-27-33(22)18-9-5-4-6-10-18/h4-12,15H,2-3,13,16H2,1H3,(H,28,34). The summed E-state index contributed by atoms with van der Waals surface area (Å²) >= 11 is 1.20. The van der Waals surface area contributed by atoms with Crippen molar-refractivity contribution in [3.63, 3.8) is 0 Å². The number of benzene rings is 2. The molecule has 36 heavy (non-hydrogen) atoms. The number of rotatable bonds is 8. The van der Waals surface area contributed by atoms with Crippen LogP contribution >= 0.6 is 11.8 Å². The fourth-order valence-electron chi connectivity index (χ4n) is 3.96. The summed E-state index contributed by atoms with van der Waals surface area (Å²) < 4.78 is 4.98. The lowest BCUT2D eigenvalue weighted by Crippen LogP contribution is -2.23. The Bertz CT molecular complexity index is 1660. The molecule has 3 aromatic heterocycles. The highest BCUT2D eigenvalue weighted by molar-refractivity contribution is 7.99. The van der Waals surface area contributed by atoms with E-state index in [4.69, 9.17) is 0 Å². The van der Waals surface area contributed by atoms with Gasteiger partial charge in [-0.05, 0) is 30.7 Å². The van der Waals surface area contributed by atoms with Gasteiger partial charge in [0, 0.05) is 6.54 Å². The van der Waals surface area contributed by atoms with Crippen molar-refractivity contribution >= 4 is 40.2 Å². The third-order valence-corrected chi connectivity index (χ3v) is 6.62. The van der Waals surface area contributed by atoms with Gasteiger partial charge in [-0.15, -0.1) is 10.2 Å². The Morgan fingerprint density at radius 2 is 1.89 bits per heavy atom. The number of unbranched alkanes of at least 4 members (excludes halogenated alkanes) is 1. The van der Waals surface area contributed by atoms with Crippen molar-refractivity contribution in [2.24, 2.45) is 0 Å². The van der Waals surface area contributed by atoms with Gasteiger partial charge in [0.15, 0.2) is 11.0 Å². The van der Waals surface area contributed by atoms with E-state index in [1.165, 1.54) is 22.6 Å². The topological polar surface area (TPSA) is 123 Å². The first kappa shape index (κ1) is 23.3. The minimum absolute atomic E-state index is 0.0219. The van der Waals surface area contributed by atoms with Crippen LogP contribution in [0.4, 0.5) is 5.82 Å². The van der Waals surface area contributed by atoms with Crippen molar-refractivity contribution in [3.05, 3.63) is 76.7 Å². The average molecular weight is 499 g/mol. The molecule has 1 N–H and O–H groups in total. The van der Waals surface area contributed by atoms with Crippen LogP contribution in [0.3, 0.4) is 0 Å². The molecule has 3 heterocycles. The van der Waals surface area contributed by atoms with Crippen molar-refractivity contribution in [3.8, 4) is 11.8 Å². The average Bonchev–Trinajstić information content (AvgIpc) is 3.52. The van der Waals surface area contributed by atoms with Crippen molar-refractivity contribution in [1.82, 2.24) is 28.9 Å². The van der Waals surface area contributed by atoms with E-state index in [1.54, 1.807) is 10.6 Å². The summed E-state index contributed by atoms with van der Waals surface area (Å²) in [6.45, 7) is 2.60. The Morgan fingerprint density at radius 3 is 2.67 bits per heavy atom. The van der Waals surface area contributed by atoms with E-state index in [0.717, 1.165) is 18.5 Å². The van der Waals surface area contributed by atoms with Crippen LogP contribution < -0.4 is 10.9 Å². The van der Waals surface area contributed by atoms with Gasteiger partial charge in [0.1, 0.15) is 11.6 Å². The van der Waals surface area contributed by atoms with E-state index >= 15 is 0 Å². The molecule has 0 atom stereocenters. The number of nitrogens with one attached hydrogen (secondary N) is 1. The quantitative estimate of drug-likeness (QED) is 0.324. The fraction of sp³-hybridized carbons (Fsp3) is 0.200. The van der Waals surface area contributed by atoms with E-state index < -0.39 is 0 Å². The van der Waals surface area contributed by atoms with Crippen molar-refractivity contribution in [2.75, 3.05) is 11.1 Å². The normalized spacial score (nSPS) is 11.1. The molecule has 2 aromatic carbocycles. The van der Waals surface area contributed by atoms with Gasteiger partial charge in [-0.3, -0.25) is 18.6 Å². The van der Waals surface area contributed by atoms with E-state index in [1.807, 2.05) is 52.9 Å². The van der Waals surface area contributed by atoms with Gasteiger partial charge in [0.25, 0.3) is 5.56 Å². The summed E-state index contributed by atoms with van der Waals surface area (Å²) in [4.78, 5) is 26.0. The number of aryl methyl sites for hydroxylation is 1. The number of thioether (sulfide) groups is 1. The summed E-state index contributed by atoms with van der Waals surface area (Å²) in [6.07, 6.45) is 3.19. The SMILES string of the molecule is CCCCn1c(=O)c2ccccc2n2c(SCC(=O)Nc3c(C#N)cnn3-c3ccccc3)nnc12. The number of hydrogen-bond donors (Lipinski definition) is 1. The summed E-state index contributed by atoms with van der Waals surface area (Å²) in [5.41, 5.74) is 1.57. The van der Waals surface area contributed by atoms with Gasteiger partial charge in [0.05, 0.1) is 28.5 Å². The molecule has 0 unspecified atom stereocenters. The minimum Gasteiger partial charge on any atom is -0.309 e. The highest BCUT2D eigenvalue weighted by Gasteiger charge is 2.19. The second-order valence-electron chi connectivity index (χ2n) is 8.05. The van der Waals surface area contributed by atoms with E-state index in [-0.39, 0.29) is 22.8 Å². The number of amides is 1. The number of carbonyl (C=O) groups is 1. The van der Waals surface area contributed by atoms with Crippen LogP contribution in [0, 0.1) is 11.3 Å². The molecule has 0 saturated heterocycles. The van der Waals surface area contributed by atoms with Gasteiger partial charge in [-0.25, -0.2) is 4.68 Å². The van der Waals surface area contributed by atoms with Crippen LogP contribution in [0.5, 0.6) is 0 Å². The lowest BCUT2D eigenvalue weighted by atomic mass is 10.2. The predicted molar refractivity (Wildman–Crippen MR) is 137 cm³/mol. The second kappa shape index (κ2) is 10.1. The van der Waals surface area contributed by atoms with Crippen molar-refractivity contribution < 1.29 is 4.79 Å². The molecule has 0 aliphatic heterocycles. The number of hydrogen-bond acceptors (Lipinski definition) is 7. The largest absolute Gasteiger partial charge is 0.309 e. The summed E-state index contributed by atoms with van der Waals surface area (Å²) in [7, 11) is 0. The number of nitriles is 1. The highest BCUT2D eigenvalue weighted by atomic mass is 32.2. The summed E-state index contributed by atoms with van der Waals surface area (Å²) in [6, 6.07) is 18.6. The third-order valence-electron chi connectivity index (χ3n) is 5.69. The first-order chi connectivity index (χ1) is 17.6. The van der Waals surface area contributed by atoms with Gasteiger partial charge in [-0.2, -0.15) is 10.4 Å². The first-order valence-corrected chi connectivity index (χ1v) is 12.4. The zero-order valence-electron chi connectivity index (χ0n) is 19.5. The number of fused-ring (bicyclic) bond motifs is 3. The maximum Gasteiger partial charge on any atom is 0.262 e.